The summed E-state index contributed by atoms with van der Waals surface area (Å²) >= 11 is 0. The smallest absolute Gasteiger partial charge is 0.131 e. The van der Waals surface area contributed by atoms with E-state index in [0.29, 0.717) is 12.3 Å². The number of aromatic nitrogens is 1. The number of fused-ring (bicyclic) bond motifs is 3. The van der Waals surface area contributed by atoms with Gasteiger partial charge in [0.15, 0.2) is 0 Å². The van der Waals surface area contributed by atoms with E-state index in [0.717, 1.165) is 55.5 Å². The first-order valence-corrected chi connectivity index (χ1v) is 21.8. The van der Waals surface area contributed by atoms with Crippen LogP contribution in [0.2, 0.25) is 0 Å². The SMILES string of the molecule is C=C/C(=C\c1c(C)n(-c2ccccc2)c2ccccc12)c1ccc(-c2ccc(/C(=C/Cc3ccc4ccccc4c3-c3ccccc3)N=C(N)c3ccccc3)c3ccccc23)cc1. The van der Waals surface area contributed by atoms with Gasteiger partial charge in [0.2, 0.25) is 0 Å². The van der Waals surface area contributed by atoms with Crippen LogP contribution in [-0.4, -0.2) is 10.4 Å². The van der Waals surface area contributed by atoms with Crippen LogP contribution in [0, 0.1) is 6.92 Å². The van der Waals surface area contributed by atoms with Crippen molar-refractivity contribution in [3.05, 3.63) is 265 Å². The molecular weight excluding hydrogens is 775 g/mol. The molecule has 0 fully saturated rings. The van der Waals surface area contributed by atoms with Crippen LogP contribution in [0.3, 0.4) is 0 Å². The molecule has 0 atom stereocenters. The standard InChI is InChI=1S/C61H47N3/c1-3-43(41-57-42(2)64(50-24-11-6-12-25-50)59-30-18-17-29-56(57)59)44-31-33-46(34-32-44)51-38-39-55(54-28-16-15-27-53(51)54)58(63-61(62)49-22-9-5-10-23-49)40-37-48-36-35-45-19-13-14-26-52(45)60(48)47-20-7-4-8-21-47/h3-36,38-41H,1,37H2,2H3,(H2,62,63)/b43-41+,58-40-. The Kier molecular flexibility index (Phi) is 11.0. The van der Waals surface area contributed by atoms with Gasteiger partial charge >= 0.3 is 0 Å². The van der Waals surface area contributed by atoms with E-state index in [1.54, 1.807) is 0 Å². The van der Waals surface area contributed by atoms with Gasteiger partial charge in [0.1, 0.15) is 5.84 Å². The first-order chi connectivity index (χ1) is 31.6. The lowest BCUT2D eigenvalue weighted by Gasteiger charge is -2.15. The third-order valence-corrected chi connectivity index (χ3v) is 12.3. The van der Waals surface area contributed by atoms with Crippen molar-refractivity contribution < 1.29 is 0 Å². The highest BCUT2D eigenvalue weighted by Gasteiger charge is 2.17. The molecule has 3 heteroatoms. The third-order valence-electron chi connectivity index (χ3n) is 12.3. The minimum atomic E-state index is 0.475. The Balaban J connectivity index is 1.04. The Morgan fingerprint density at radius 1 is 0.562 bits per heavy atom. The van der Waals surface area contributed by atoms with E-state index in [1.165, 1.54) is 49.6 Å². The Morgan fingerprint density at radius 3 is 1.92 bits per heavy atom. The summed E-state index contributed by atoms with van der Waals surface area (Å²) in [6.45, 7) is 6.46. The Labute approximate surface area is 375 Å². The fourth-order valence-corrected chi connectivity index (χ4v) is 9.17. The lowest BCUT2D eigenvalue weighted by molar-refractivity contribution is 1.05. The van der Waals surface area contributed by atoms with Crippen molar-refractivity contribution in [2.24, 2.45) is 10.7 Å². The number of amidine groups is 1. The molecule has 1 heterocycles. The highest BCUT2D eigenvalue weighted by molar-refractivity contribution is 6.07. The van der Waals surface area contributed by atoms with Gasteiger partial charge in [0.05, 0.1) is 11.2 Å². The Bertz CT molecular complexity index is 3410. The normalized spacial score (nSPS) is 12.3. The molecular formula is C61H47N3. The van der Waals surface area contributed by atoms with E-state index in [1.807, 2.05) is 36.4 Å². The average Bonchev–Trinajstić information content (AvgIpc) is 3.64. The van der Waals surface area contributed by atoms with E-state index in [4.69, 9.17) is 10.7 Å². The summed E-state index contributed by atoms with van der Waals surface area (Å²) in [4.78, 5) is 5.21. The maximum atomic E-state index is 6.82. The van der Waals surface area contributed by atoms with Gasteiger partial charge in [-0.05, 0) is 98.1 Å². The lowest BCUT2D eigenvalue weighted by atomic mass is 9.90. The van der Waals surface area contributed by atoms with Crippen LogP contribution in [0.4, 0.5) is 0 Å². The van der Waals surface area contributed by atoms with Crippen molar-refractivity contribution in [2.45, 2.75) is 13.3 Å². The molecule has 306 valence electrons. The molecule has 10 rings (SSSR count). The van der Waals surface area contributed by atoms with Crippen LogP contribution in [0.15, 0.2) is 236 Å². The lowest BCUT2D eigenvalue weighted by Crippen LogP contribution is -2.13. The largest absolute Gasteiger partial charge is 0.383 e. The molecule has 9 aromatic carbocycles. The van der Waals surface area contributed by atoms with Crippen LogP contribution in [0.1, 0.15) is 33.5 Å². The van der Waals surface area contributed by atoms with E-state index in [2.05, 4.69) is 212 Å². The van der Waals surface area contributed by atoms with Crippen LogP contribution in [0.25, 0.3) is 77.7 Å². The molecule has 0 bridgehead atoms. The van der Waals surface area contributed by atoms with Crippen LogP contribution in [-0.2, 0) is 6.42 Å². The fraction of sp³-hybridized carbons (Fsp3) is 0.0328. The first-order valence-electron chi connectivity index (χ1n) is 21.8. The highest BCUT2D eigenvalue weighted by Crippen LogP contribution is 2.38. The summed E-state index contributed by atoms with van der Waals surface area (Å²) in [5, 5.41) is 5.92. The molecule has 0 spiro atoms. The molecule has 0 radical (unpaired) electrons. The number of rotatable bonds is 11. The van der Waals surface area contributed by atoms with Crippen molar-refractivity contribution in [1.29, 1.82) is 0 Å². The van der Waals surface area contributed by atoms with Crippen molar-refractivity contribution >= 4 is 55.6 Å². The molecule has 0 aliphatic carbocycles. The van der Waals surface area contributed by atoms with Gasteiger partial charge in [-0.3, -0.25) is 0 Å². The van der Waals surface area contributed by atoms with Gasteiger partial charge in [-0.2, -0.15) is 0 Å². The summed E-state index contributed by atoms with van der Waals surface area (Å²) in [6.07, 6.45) is 7.15. The van der Waals surface area contributed by atoms with E-state index >= 15 is 0 Å². The number of allylic oxidation sites excluding steroid dienone is 3. The van der Waals surface area contributed by atoms with Gasteiger partial charge in [-0.25, -0.2) is 4.99 Å². The molecule has 10 aromatic rings. The minimum Gasteiger partial charge on any atom is -0.383 e. The van der Waals surface area contributed by atoms with E-state index in [-0.39, 0.29) is 0 Å². The molecule has 0 aliphatic rings. The summed E-state index contributed by atoms with van der Waals surface area (Å²) < 4.78 is 2.34. The molecule has 0 amide bonds. The second kappa shape index (κ2) is 17.6. The highest BCUT2D eigenvalue weighted by atomic mass is 15.0. The predicted octanol–water partition coefficient (Wildman–Crippen LogP) is 15.3. The molecule has 2 N–H and O–H groups in total. The number of nitrogens with two attached hydrogens (primary N) is 1. The number of hydrogen-bond donors (Lipinski definition) is 1. The zero-order valence-electron chi connectivity index (χ0n) is 35.8. The van der Waals surface area contributed by atoms with E-state index in [9.17, 15) is 0 Å². The Morgan fingerprint density at radius 2 is 1.19 bits per heavy atom. The topological polar surface area (TPSA) is 43.3 Å². The third kappa shape index (κ3) is 7.65. The van der Waals surface area contributed by atoms with Gasteiger partial charge in [0, 0.05) is 33.5 Å². The molecule has 0 unspecified atom stereocenters. The van der Waals surface area contributed by atoms with E-state index < -0.39 is 0 Å². The van der Waals surface area contributed by atoms with Gasteiger partial charge in [0.25, 0.3) is 0 Å². The summed E-state index contributed by atoms with van der Waals surface area (Å²) in [5.74, 6) is 0.475. The second-order valence-electron chi connectivity index (χ2n) is 16.1. The number of para-hydroxylation sites is 2. The van der Waals surface area contributed by atoms with Crippen molar-refractivity contribution in [1.82, 2.24) is 4.57 Å². The number of benzene rings is 9. The maximum Gasteiger partial charge on any atom is 0.131 e. The molecule has 0 saturated carbocycles. The van der Waals surface area contributed by atoms with Crippen LogP contribution < -0.4 is 5.73 Å². The maximum absolute atomic E-state index is 6.82. The number of nitrogens with zero attached hydrogens (tertiary/aromatic N) is 2. The summed E-state index contributed by atoms with van der Waals surface area (Å²) in [5.41, 5.74) is 22.4. The zero-order valence-corrected chi connectivity index (χ0v) is 35.8. The molecule has 0 saturated heterocycles. The van der Waals surface area contributed by atoms with Crippen LogP contribution in [0.5, 0.6) is 0 Å². The van der Waals surface area contributed by atoms with Crippen molar-refractivity contribution in [3.8, 4) is 27.9 Å². The van der Waals surface area contributed by atoms with Gasteiger partial charge < -0.3 is 10.3 Å². The van der Waals surface area contributed by atoms with Gasteiger partial charge in [-0.1, -0.05) is 213 Å². The zero-order chi connectivity index (χ0) is 43.4. The first kappa shape index (κ1) is 39.8. The van der Waals surface area contributed by atoms with Crippen molar-refractivity contribution in [3.63, 3.8) is 0 Å². The number of hydrogen-bond acceptors (Lipinski definition) is 1. The van der Waals surface area contributed by atoms with Crippen LogP contribution >= 0.6 is 0 Å². The quantitative estimate of drug-likeness (QED) is 0.0788. The monoisotopic (exact) mass is 821 g/mol. The van der Waals surface area contributed by atoms with Crippen molar-refractivity contribution in [2.75, 3.05) is 0 Å². The summed E-state index contributed by atoms with van der Waals surface area (Å²) in [7, 11) is 0. The van der Waals surface area contributed by atoms with Gasteiger partial charge in [-0.15, -0.1) is 0 Å². The summed E-state index contributed by atoms with van der Waals surface area (Å²) in [6, 6.07) is 74.9. The number of aliphatic imine (C=N–C) groups is 1. The average molecular weight is 822 g/mol. The molecule has 1 aromatic heterocycles. The molecule has 0 aliphatic heterocycles. The molecule has 3 nitrogen and oxygen atoms in total. The second-order valence-corrected chi connectivity index (χ2v) is 16.1. The fourth-order valence-electron chi connectivity index (χ4n) is 9.17. The molecule has 64 heavy (non-hydrogen) atoms. The predicted molar refractivity (Wildman–Crippen MR) is 274 cm³/mol. The Hall–Kier alpha value is -8.27. The minimum absolute atomic E-state index is 0.475.